The molecule has 0 aromatic carbocycles. The maximum absolute atomic E-state index is 10.7. The Bertz CT molecular complexity index is 117. The number of nitrogens with zero attached hydrogens (tertiary/aromatic N) is 1. The summed E-state index contributed by atoms with van der Waals surface area (Å²) in [5.74, 6) is 0.901. The molecular formula is C7H16N2OS. The number of carbonyl (C=O) groups is 1. The molecule has 0 aromatic rings. The molecule has 3 nitrogen and oxygen atoms in total. The minimum Gasteiger partial charge on any atom is -0.350 e. The van der Waals surface area contributed by atoms with E-state index in [0.717, 1.165) is 18.7 Å². The van der Waals surface area contributed by atoms with Crippen LogP contribution in [0, 0.1) is 0 Å². The summed E-state index contributed by atoms with van der Waals surface area (Å²) in [6.45, 7) is 1.05. The first-order chi connectivity index (χ1) is 5.16. The summed E-state index contributed by atoms with van der Waals surface area (Å²) >= 11 is 1.34. The highest BCUT2D eigenvalue weighted by molar-refractivity contribution is 8.13. The number of thioether (sulfide) groups is 1. The lowest BCUT2D eigenvalue weighted by Crippen LogP contribution is -2.15. The van der Waals surface area contributed by atoms with Gasteiger partial charge in [-0.2, -0.15) is 0 Å². The fraction of sp³-hybridized carbons (Fsp3) is 0.857. The van der Waals surface area contributed by atoms with Crippen molar-refractivity contribution >= 4 is 17.0 Å². The SMILES string of the molecule is CNC(=O)SCCCN(C)C. The summed E-state index contributed by atoms with van der Waals surface area (Å²) in [4.78, 5) is 12.8. The van der Waals surface area contributed by atoms with Gasteiger partial charge in [0.05, 0.1) is 0 Å². The maximum Gasteiger partial charge on any atom is 0.278 e. The second-order valence-electron chi connectivity index (χ2n) is 2.54. The first-order valence-corrected chi connectivity index (χ1v) is 4.64. The lowest BCUT2D eigenvalue weighted by atomic mass is 10.5. The van der Waals surface area contributed by atoms with E-state index < -0.39 is 0 Å². The van der Waals surface area contributed by atoms with Gasteiger partial charge in [0.1, 0.15) is 0 Å². The summed E-state index contributed by atoms with van der Waals surface area (Å²) in [5.41, 5.74) is 0. The summed E-state index contributed by atoms with van der Waals surface area (Å²) in [5, 5.41) is 2.62. The smallest absolute Gasteiger partial charge is 0.278 e. The standard InChI is InChI=1S/C7H16N2OS/c1-8-7(10)11-6-4-5-9(2)3/h4-6H2,1-3H3,(H,8,10). The zero-order valence-electron chi connectivity index (χ0n) is 7.39. The molecule has 66 valence electrons. The number of carbonyl (C=O) groups excluding carboxylic acids is 1. The number of rotatable bonds is 4. The Balaban J connectivity index is 3.08. The third-order valence-electron chi connectivity index (χ3n) is 1.19. The van der Waals surface area contributed by atoms with Crippen LogP contribution >= 0.6 is 11.8 Å². The van der Waals surface area contributed by atoms with Gasteiger partial charge in [0.2, 0.25) is 0 Å². The Hall–Kier alpha value is -0.220. The normalized spacial score (nSPS) is 10.2. The zero-order valence-corrected chi connectivity index (χ0v) is 8.20. The Morgan fingerprint density at radius 3 is 2.64 bits per heavy atom. The Kier molecular flexibility index (Phi) is 6.36. The summed E-state index contributed by atoms with van der Waals surface area (Å²) in [7, 11) is 5.72. The van der Waals surface area contributed by atoms with E-state index in [4.69, 9.17) is 0 Å². The van der Waals surface area contributed by atoms with E-state index in [1.165, 1.54) is 11.8 Å². The molecule has 0 spiro atoms. The third-order valence-corrected chi connectivity index (χ3v) is 2.15. The molecule has 0 rings (SSSR count). The Labute approximate surface area is 72.5 Å². The van der Waals surface area contributed by atoms with E-state index in [-0.39, 0.29) is 5.24 Å². The van der Waals surface area contributed by atoms with Crippen LogP contribution in [-0.2, 0) is 0 Å². The molecule has 0 saturated heterocycles. The van der Waals surface area contributed by atoms with Crippen molar-refractivity contribution in [2.24, 2.45) is 0 Å². The van der Waals surface area contributed by atoms with Crippen LogP contribution in [0.2, 0.25) is 0 Å². The van der Waals surface area contributed by atoms with Gasteiger partial charge in [-0.1, -0.05) is 11.8 Å². The molecule has 0 radical (unpaired) electrons. The van der Waals surface area contributed by atoms with Gasteiger partial charge in [0.15, 0.2) is 0 Å². The predicted octanol–water partition coefficient (Wildman–Crippen LogP) is 1.01. The van der Waals surface area contributed by atoms with Crippen molar-refractivity contribution < 1.29 is 4.79 Å². The highest BCUT2D eigenvalue weighted by Crippen LogP contribution is 2.02. The van der Waals surface area contributed by atoms with Gasteiger partial charge < -0.3 is 10.2 Å². The summed E-state index contributed by atoms with van der Waals surface area (Å²) < 4.78 is 0. The molecule has 0 fully saturated rings. The molecule has 0 aromatic heterocycles. The molecule has 11 heavy (non-hydrogen) atoms. The molecule has 4 heteroatoms. The molecule has 0 saturated carbocycles. The van der Waals surface area contributed by atoms with Gasteiger partial charge in [-0.25, -0.2) is 0 Å². The van der Waals surface area contributed by atoms with Gasteiger partial charge in [0.25, 0.3) is 5.24 Å². The van der Waals surface area contributed by atoms with Crippen molar-refractivity contribution in [2.75, 3.05) is 33.4 Å². The molecule has 0 unspecified atom stereocenters. The molecule has 0 atom stereocenters. The van der Waals surface area contributed by atoms with Gasteiger partial charge in [-0.05, 0) is 27.1 Å². The fourth-order valence-electron chi connectivity index (χ4n) is 0.618. The highest BCUT2D eigenvalue weighted by Gasteiger charge is 1.97. The van der Waals surface area contributed by atoms with Crippen LogP contribution < -0.4 is 5.32 Å². The second kappa shape index (κ2) is 6.49. The molecule has 0 aliphatic heterocycles. The summed E-state index contributed by atoms with van der Waals surface area (Å²) in [6.07, 6.45) is 1.06. The van der Waals surface area contributed by atoms with Crippen LogP contribution in [0.25, 0.3) is 0 Å². The van der Waals surface area contributed by atoms with E-state index in [0.29, 0.717) is 0 Å². The van der Waals surface area contributed by atoms with Crippen LogP contribution in [0.1, 0.15) is 6.42 Å². The van der Waals surface area contributed by atoms with Crippen molar-refractivity contribution in [3.05, 3.63) is 0 Å². The fourth-order valence-corrected chi connectivity index (χ4v) is 1.22. The van der Waals surface area contributed by atoms with E-state index in [9.17, 15) is 4.79 Å². The van der Waals surface area contributed by atoms with Crippen molar-refractivity contribution in [1.29, 1.82) is 0 Å². The number of nitrogens with one attached hydrogen (secondary N) is 1. The van der Waals surface area contributed by atoms with Crippen LogP contribution in [0.5, 0.6) is 0 Å². The highest BCUT2D eigenvalue weighted by atomic mass is 32.2. The molecule has 0 heterocycles. The molecule has 0 aliphatic carbocycles. The molecule has 1 amide bonds. The van der Waals surface area contributed by atoms with Crippen LogP contribution in [-0.4, -0.2) is 43.6 Å². The largest absolute Gasteiger partial charge is 0.350 e. The van der Waals surface area contributed by atoms with E-state index in [1.807, 2.05) is 14.1 Å². The molecule has 0 aliphatic rings. The van der Waals surface area contributed by atoms with E-state index >= 15 is 0 Å². The van der Waals surface area contributed by atoms with E-state index in [2.05, 4.69) is 10.2 Å². The quantitative estimate of drug-likeness (QED) is 0.649. The average molecular weight is 176 g/mol. The number of hydrogen-bond acceptors (Lipinski definition) is 3. The first kappa shape index (κ1) is 10.8. The van der Waals surface area contributed by atoms with Crippen molar-refractivity contribution in [1.82, 2.24) is 10.2 Å². The van der Waals surface area contributed by atoms with Crippen molar-refractivity contribution in [3.8, 4) is 0 Å². The topological polar surface area (TPSA) is 32.3 Å². The maximum atomic E-state index is 10.7. The van der Waals surface area contributed by atoms with Crippen molar-refractivity contribution in [2.45, 2.75) is 6.42 Å². The minimum absolute atomic E-state index is 0.0590. The van der Waals surface area contributed by atoms with Gasteiger partial charge >= 0.3 is 0 Å². The zero-order chi connectivity index (χ0) is 8.69. The van der Waals surface area contributed by atoms with Gasteiger partial charge in [-0.3, -0.25) is 4.79 Å². The Morgan fingerprint density at radius 1 is 1.55 bits per heavy atom. The number of amides is 1. The van der Waals surface area contributed by atoms with Crippen LogP contribution in [0.4, 0.5) is 4.79 Å². The van der Waals surface area contributed by atoms with Crippen LogP contribution in [0.3, 0.4) is 0 Å². The van der Waals surface area contributed by atoms with Crippen LogP contribution in [0.15, 0.2) is 0 Å². The molecular weight excluding hydrogens is 160 g/mol. The van der Waals surface area contributed by atoms with Gasteiger partial charge in [0, 0.05) is 12.8 Å². The summed E-state index contributed by atoms with van der Waals surface area (Å²) in [6, 6.07) is 0. The second-order valence-corrected chi connectivity index (χ2v) is 3.61. The van der Waals surface area contributed by atoms with E-state index in [1.54, 1.807) is 7.05 Å². The lowest BCUT2D eigenvalue weighted by molar-refractivity contribution is 0.262. The van der Waals surface area contributed by atoms with Gasteiger partial charge in [-0.15, -0.1) is 0 Å². The predicted molar refractivity (Wildman–Crippen MR) is 50.1 cm³/mol. The third kappa shape index (κ3) is 7.68. The lowest BCUT2D eigenvalue weighted by Gasteiger charge is -2.07. The average Bonchev–Trinajstić information content (AvgIpc) is 1.97. The molecule has 0 bridgehead atoms. The van der Waals surface area contributed by atoms with Crippen molar-refractivity contribution in [3.63, 3.8) is 0 Å². The minimum atomic E-state index is 0.0590. The molecule has 1 N–H and O–H groups in total. The Morgan fingerprint density at radius 2 is 2.18 bits per heavy atom. The monoisotopic (exact) mass is 176 g/mol. The number of hydrogen-bond donors (Lipinski definition) is 1. The first-order valence-electron chi connectivity index (χ1n) is 3.66.